The number of rotatable bonds is 4. The molecule has 2 atom stereocenters. The SMILES string of the molecule is Cc1ccc(F)c(C(O)CC(C)CC(C)(C)C)c1F. The van der Waals surface area contributed by atoms with E-state index >= 15 is 0 Å². The molecule has 2 unspecified atom stereocenters. The first-order chi connectivity index (χ1) is 8.61. The summed E-state index contributed by atoms with van der Waals surface area (Å²) in [5, 5.41) is 10.1. The topological polar surface area (TPSA) is 20.2 Å². The van der Waals surface area contributed by atoms with Gasteiger partial charge in [0.15, 0.2) is 0 Å². The molecule has 0 fully saturated rings. The zero-order chi connectivity index (χ0) is 14.8. The van der Waals surface area contributed by atoms with Gasteiger partial charge in [0.25, 0.3) is 0 Å². The van der Waals surface area contributed by atoms with Gasteiger partial charge in [0.05, 0.1) is 11.7 Å². The highest BCUT2D eigenvalue weighted by Crippen LogP contribution is 2.32. The average molecular weight is 270 g/mol. The predicted molar refractivity (Wildman–Crippen MR) is 73.9 cm³/mol. The molecular formula is C16H24F2O. The van der Waals surface area contributed by atoms with Crippen LogP contribution in [0.4, 0.5) is 8.78 Å². The van der Waals surface area contributed by atoms with E-state index in [-0.39, 0.29) is 16.9 Å². The summed E-state index contributed by atoms with van der Waals surface area (Å²) in [6.45, 7) is 9.92. The molecule has 1 nitrogen and oxygen atoms in total. The van der Waals surface area contributed by atoms with Gasteiger partial charge in [0.1, 0.15) is 11.6 Å². The molecule has 0 aliphatic carbocycles. The van der Waals surface area contributed by atoms with Gasteiger partial charge in [-0.2, -0.15) is 0 Å². The molecule has 0 radical (unpaired) electrons. The molecule has 0 heterocycles. The highest BCUT2D eigenvalue weighted by molar-refractivity contribution is 5.28. The Morgan fingerprint density at radius 1 is 1.21 bits per heavy atom. The second kappa shape index (κ2) is 6.00. The van der Waals surface area contributed by atoms with Gasteiger partial charge < -0.3 is 5.11 Å². The summed E-state index contributed by atoms with van der Waals surface area (Å²) in [4.78, 5) is 0. The Hall–Kier alpha value is -0.960. The van der Waals surface area contributed by atoms with Crippen LogP contribution >= 0.6 is 0 Å². The van der Waals surface area contributed by atoms with Crippen LogP contribution in [0.5, 0.6) is 0 Å². The van der Waals surface area contributed by atoms with E-state index in [2.05, 4.69) is 20.8 Å². The van der Waals surface area contributed by atoms with Gasteiger partial charge in [0.2, 0.25) is 0 Å². The Kier molecular flexibility index (Phi) is 5.08. The minimum Gasteiger partial charge on any atom is -0.388 e. The third-order valence-corrected chi connectivity index (χ3v) is 3.24. The number of hydrogen-bond acceptors (Lipinski definition) is 1. The van der Waals surface area contributed by atoms with Gasteiger partial charge in [-0.25, -0.2) is 8.78 Å². The number of halogens is 2. The highest BCUT2D eigenvalue weighted by Gasteiger charge is 2.23. The smallest absolute Gasteiger partial charge is 0.134 e. The summed E-state index contributed by atoms with van der Waals surface area (Å²) in [5.41, 5.74) is 0.308. The monoisotopic (exact) mass is 270 g/mol. The van der Waals surface area contributed by atoms with E-state index in [0.717, 1.165) is 6.42 Å². The van der Waals surface area contributed by atoms with Crippen molar-refractivity contribution in [2.24, 2.45) is 11.3 Å². The molecule has 1 aromatic carbocycles. The molecule has 108 valence electrons. The molecular weight excluding hydrogens is 246 g/mol. The molecule has 0 saturated heterocycles. The van der Waals surface area contributed by atoms with Crippen molar-refractivity contribution in [1.82, 2.24) is 0 Å². The van der Waals surface area contributed by atoms with E-state index in [0.29, 0.717) is 12.0 Å². The van der Waals surface area contributed by atoms with E-state index in [1.807, 2.05) is 6.92 Å². The van der Waals surface area contributed by atoms with Crippen molar-refractivity contribution in [3.05, 3.63) is 34.9 Å². The van der Waals surface area contributed by atoms with Crippen molar-refractivity contribution in [3.8, 4) is 0 Å². The Balaban J connectivity index is 2.84. The van der Waals surface area contributed by atoms with Gasteiger partial charge in [-0.3, -0.25) is 0 Å². The van der Waals surface area contributed by atoms with Crippen molar-refractivity contribution in [3.63, 3.8) is 0 Å². The van der Waals surface area contributed by atoms with E-state index in [1.54, 1.807) is 6.92 Å². The lowest BCUT2D eigenvalue weighted by Gasteiger charge is -2.25. The second-order valence-electron chi connectivity index (χ2n) is 6.71. The lowest BCUT2D eigenvalue weighted by Crippen LogP contribution is -2.15. The predicted octanol–water partition coefficient (Wildman–Crippen LogP) is 4.77. The Morgan fingerprint density at radius 3 is 2.32 bits per heavy atom. The van der Waals surface area contributed by atoms with E-state index < -0.39 is 17.7 Å². The summed E-state index contributed by atoms with van der Waals surface area (Å²) in [6, 6.07) is 2.60. The second-order valence-corrected chi connectivity index (χ2v) is 6.71. The first-order valence-corrected chi connectivity index (χ1v) is 6.74. The average Bonchev–Trinajstić information content (AvgIpc) is 2.21. The third kappa shape index (κ3) is 4.57. The van der Waals surface area contributed by atoms with Gasteiger partial charge in [-0.05, 0) is 42.7 Å². The molecule has 1 rings (SSSR count). The van der Waals surface area contributed by atoms with Crippen LogP contribution in [0.1, 0.15) is 57.8 Å². The van der Waals surface area contributed by atoms with Crippen LogP contribution in [0.15, 0.2) is 12.1 Å². The minimum absolute atomic E-state index is 0.142. The normalized spacial score (nSPS) is 15.4. The summed E-state index contributed by atoms with van der Waals surface area (Å²) in [5.74, 6) is -1.09. The van der Waals surface area contributed by atoms with Crippen molar-refractivity contribution >= 4 is 0 Å². The Bertz CT molecular complexity index is 435. The van der Waals surface area contributed by atoms with E-state index in [9.17, 15) is 13.9 Å². The van der Waals surface area contributed by atoms with E-state index in [1.165, 1.54) is 12.1 Å². The van der Waals surface area contributed by atoms with Crippen LogP contribution in [0.2, 0.25) is 0 Å². The summed E-state index contributed by atoms with van der Waals surface area (Å²) in [7, 11) is 0. The summed E-state index contributed by atoms with van der Waals surface area (Å²) < 4.78 is 27.6. The fourth-order valence-electron chi connectivity index (χ4n) is 2.61. The molecule has 0 amide bonds. The molecule has 0 aliphatic heterocycles. The van der Waals surface area contributed by atoms with Crippen molar-refractivity contribution in [2.75, 3.05) is 0 Å². The number of hydrogen-bond donors (Lipinski definition) is 1. The molecule has 0 saturated carbocycles. The molecule has 3 heteroatoms. The van der Waals surface area contributed by atoms with Crippen LogP contribution in [-0.2, 0) is 0 Å². The highest BCUT2D eigenvalue weighted by atomic mass is 19.1. The third-order valence-electron chi connectivity index (χ3n) is 3.24. The van der Waals surface area contributed by atoms with Gasteiger partial charge in [0, 0.05) is 0 Å². The fraction of sp³-hybridized carbons (Fsp3) is 0.625. The lowest BCUT2D eigenvalue weighted by atomic mass is 9.82. The molecule has 0 aromatic heterocycles. The van der Waals surface area contributed by atoms with Gasteiger partial charge in [-0.15, -0.1) is 0 Å². The van der Waals surface area contributed by atoms with Crippen LogP contribution in [0.25, 0.3) is 0 Å². The quantitative estimate of drug-likeness (QED) is 0.835. The number of aliphatic hydroxyl groups excluding tert-OH is 1. The first-order valence-electron chi connectivity index (χ1n) is 6.74. The Morgan fingerprint density at radius 2 is 1.79 bits per heavy atom. The lowest BCUT2D eigenvalue weighted by molar-refractivity contribution is 0.126. The minimum atomic E-state index is -1.09. The number of benzene rings is 1. The van der Waals surface area contributed by atoms with Crippen molar-refractivity contribution < 1.29 is 13.9 Å². The zero-order valence-corrected chi connectivity index (χ0v) is 12.4. The Labute approximate surface area is 114 Å². The number of aryl methyl sites for hydroxylation is 1. The summed E-state index contributed by atoms with van der Waals surface area (Å²) >= 11 is 0. The molecule has 1 N–H and O–H groups in total. The van der Waals surface area contributed by atoms with Crippen LogP contribution in [-0.4, -0.2) is 5.11 Å². The van der Waals surface area contributed by atoms with Gasteiger partial charge in [-0.1, -0.05) is 33.8 Å². The van der Waals surface area contributed by atoms with Crippen LogP contribution in [0.3, 0.4) is 0 Å². The van der Waals surface area contributed by atoms with Crippen LogP contribution in [0, 0.1) is 29.9 Å². The van der Waals surface area contributed by atoms with Crippen LogP contribution < -0.4 is 0 Å². The van der Waals surface area contributed by atoms with E-state index in [4.69, 9.17) is 0 Å². The molecule has 0 spiro atoms. The van der Waals surface area contributed by atoms with Crippen molar-refractivity contribution in [1.29, 1.82) is 0 Å². The zero-order valence-electron chi connectivity index (χ0n) is 12.4. The maximum absolute atomic E-state index is 13.9. The molecule has 19 heavy (non-hydrogen) atoms. The maximum atomic E-state index is 13.9. The standard InChI is InChI=1S/C16H24F2O/c1-10(9-16(3,4)5)8-13(19)14-12(17)7-6-11(2)15(14)18/h6-7,10,13,19H,8-9H2,1-5H3. The summed E-state index contributed by atoms with van der Waals surface area (Å²) in [6.07, 6.45) is 0.186. The fourth-order valence-corrected chi connectivity index (χ4v) is 2.61. The molecule has 0 bridgehead atoms. The van der Waals surface area contributed by atoms with Gasteiger partial charge >= 0.3 is 0 Å². The maximum Gasteiger partial charge on any atom is 0.134 e. The molecule has 0 aliphatic rings. The van der Waals surface area contributed by atoms with Crippen molar-refractivity contribution in [2.45, 2.75) is 53.6 Å². The largest absolute Gasteiger partial charge is 0.388 e. The number of aliphatic hydroxyl groups is 1. The first kappa shape index (κ1) is 16.1. The molecule has 1 aromatic rings.